The Hall–Kier alpha value is -3.59. The molecule has 0 saturated carbocycles. The molecular formula is C21H18N4O5. The third-order valence-corrected chi connectivity index (χ3v) is 5.63. The van der Waals surface area contributed by atoms with E-state index in [9.17, 15) is 19.6 Å². The summed E-state index contributed by atoms with van der Waals surface area (Å²) in [5.74, 6) is -0.563. The number of ether oxygens (including phenoxy) is 1. The minimum atomic E-state index is -1.35. The van der Waals surface area contributed by atoms with Crippen molar-refractivity contribution < 1.29 is 14.6 Å². The molecule has 2 aliphatic rings. The first-order valence-corrected chi connectivity index (χ1v) is 9.44. The lowest BCUT2D eigenvalue weighted by Gasteiger charge is -2.20. The molecule has 1 atom stereocenters. The van der Waals surface area contributed by atoms with E-state index in [2.05, 4.69) is 5.18 Å². The zero-order valence-electron chi connectivity index (χ0n) is 16.4. The molecule has 0 bridgehead atoms. The summed E-state index contributed by atoms with van der Waals surface area (Å²) >= 11 is 0. The van der Waals surface area contributed by atoms with Crippen molar-refractivity contribution in [3.8, 4) is 17.1 Å². The first-order valence-electron chi connectivity index (χ1n) is 9.44. The molecule has 4 heterocycles. The third-order valence-electron chi connectivity index (χ3n) is 5.63. The summed E-state index contributed by atoms with van der Waals surface area (Å²) in [6.45, 7) is 0.673. The summed E-state index contributed by atoms with van der Waals surface area (Å²) in [4.78, 5) is 42.9. The zero-order valence-corrected chi connectivity index (χ0v) is 16.4. The first-order chi connectivity index (χ1) is 14.4. The van der Waals surface area contributed by atoms with Crippen molar-refractivity contribution in [1.82, 2.24) is 14.5 Å². The lowest BCUT2D eigenvalue weighted by atomic mass is 9.98. The maximum absolute atomic E-state index is 13.1. The number of phenolic OH excluding ortho intramolecular Hbond substituents is 1. The van der Waals surface area contributed by atoms with E-state index in [0.717, 1.165) is 16.5 Å². The second-order valence-electron chi connectivity index (χ2n) is 7.83. The van der Waals surface area contributed by atoms with Crippen LogP contribution in [0.3, 0.4) is 0 Å². The van der Waals surface area contributed by atoms with Crippen LogP contribution in [0.15, 0.2) is 34.2 Å². The number of nitrogens with zero attached hydrogens (tertiary/aromatic N) is 4. The van der Waals surface area contributed by atoms with Gasteiger partial charge in [-0.2, -0.15) is 0 Å². The van der Waals surface area contributed by atoms with Gasteiger partial charge in [0, 0.05) is 28.6 Å². The van der Waals surface area contributed by atoms with E-state index >= 15 is 0 Å². The van der Waals surface area contributed by atoms with Crippen LogP contribution in [0.5, 0.6) is 5.75 Å². The van der Waals surface area contributed by atoms with Crippen LogP contribution in [0.1, 0.15) is 28.3 Å². The maximum atomic E-state index is 13.1. The number of hydrogen-bond acceptors (Lipinski definition) is 8. The Morgan fingerprint density at radius 2 is 2.10 bits per heavy atom. The predicted molar refractivity (Wildman–Crippen MR) is 108 cm³/mol. The number of aromatic hydroxyl groups is 1. The second-order valence-corrected chi connectivity index (χ2v) is 7.83. The van der Waals surface area contributed by atoms with Gasteiger partial charge in [-0.25, -0.2) is 9.78 Å². The van der Waals surface area contributed by atoms with Crippen LogP contribution in [0, 0.1) is 4.91 Å². The van der Waals surface area contributed by atoms with Crippen LogP contribution in [-0.2, 0) is 29.2 Å². The average Bonchev–Trinajstić information content (AvgIpc) is 3.07. The van der Waals surface area contributed by atoms with Crippen LogP contribution >= 0.6 is 0 Å². The highest BCUT2D eigenvalue weighted by molar-refractivity contribution is 5.89. The number of esters is 1. The van der Waals surface area contributed by atoms with Gasteiger partial charge in [0.25, 0.3) is 5.56 Å². The number of hydrogen-bond donors (Lipinski definition) is 1. The van der Waals surface area contributed by atoms with E-state index < -0.39 is 12.0 Å². The first kappa shape index (κ1) is 18.4. The molecule has 2 aliphatic heterocycles. The van der Waals surface area contributed by atoms with Crippen molar-refractivity contribution in [3.63, 3.8) is 0 Å². The number of nitroso groups, excluding NO2 is 1. The van der Waals surface area contributed by atoms with Gasteiger partial charge < -0.3 is 19.3 Å². The van der Waals surface area contributed by atoms with E-state index in [1.807, 2.05) is 25.1 Å². The van der Waals surface area contributed by atoms with Crippen LogP contribution in [-0.4, -0.2) is 39.6 Å². The SMILES string of the molecule is CN(C)Cc1c(O)ccc2nc3c(cc12)Cn1c-3cc2c(c1=O)COC(=O)C2N=O. The number of fused-ring (bicyclic) bond motifs is 5. The fraction of sp³-hybridized carbons (Fsp3) is 0.286. The van der Waals surface area contributed by atoms with Crippen molar-refractivity contribution in [1.29, 1.82) is 0 Å². The molecule has 2 aromatic heterocycles. The summed E-state index contributed by atoms with van der Waals surface area (Å²) in [7, 11) is 3.83. The minimum absolute atomic E-state index is 0.175. The number of benzene rings is 1. The molecular weight excluding hydrogens is 388 g/mol. The van der Waals surface area contributed by atoms with Crippen LogP contribution < -0.4 is 5.56 Å². The maximum Gasteiger partial charge on any atom is 0.339 e. The Morgan fingerprint density at radius 1 is 1.30 bits per heavy atom. The molecule has 0 amide bonds. The van der Waals surface area contributed by atoms with Crippen molar-refractivity contribution in [3.05, 3.63) is 61.8 Å². The molecule has 0 spiro atoms. The largest absolute Gasteiger partial charge is 0.508 e. The van der Waals surface area contributed by atoms with E-state index in [1.165, 1.54) is 0 Å². The van der Waals surface area contributed by atoms with E-state index in [1.54, 1.807) is 22.8 Å². The quantitative estimate of drug-likeness (QED) is 0.409. The number of pyridine rings is 2. The predicted octanol–water partition coefficient (Wildman–Crippen LogP) is 2.06. The lowest BCUT2D eigenvalue weighted by Crippen LogP contribution is -2.31. The molecule has 30 heavy (non-hydrogen) atoms. The molecule has 0 saturated heterocycles. The summed E-state index contributed by atoms with van der Waals surface area (Å²) in [6, 6.07) is 5.59. The Kier molecular flexibility index (Phi) is 3.97. The van der Waals surface area contributed by atoms with Gasteiger partial charge in [0.1, 0.15) is 12.4 Å². The molecule has 0 aliphatic carbocycles. The molecule has 9 nitrogen and oxygen atoms in total. The molecule has 0 fully saturated rings. The highest BCUT2D eigenvalue weighted by atomic mass is 16.5. The topological polar surface area (TPSA) is 114 Å². The van der Waals surface area contributed by atoms with Gasteiger partial charge in [0.05, 0.1) is 29.0 Å². The highest BCUT2D eigenvalue weighted by Gasteiger charge is 2.36. The van der Waals surface area contributed by atoms with Crippen LogP contribution in [0.4, 0.5) is 0 Å². The molecule has 1 N–H and O–H groups in total. The Labute approximate surface area is 170 Å². The molecule has 152 valence electrons. The van der Waals surface area contributed by atoms with Crippen LogP contribution in [0.25, 0.3) is 22.3 Å². The fourth-order valence-electron chi connectivity index (χ4n) is 4.23. The number of aromatic nitrogens is 2. The van der Waals surface area contributed by atoms with E-state index in [0.29, 0.717) is 30.0 Å². The molecule has 1 aromatic carbocycles. The van der Waals surface area contributed by atoms with Gasteiger partial charge in [-0.05, 0) is 43.5 Å². The number of cyclic esters (lactones) is 1. The van der Waals surface area contributed by atoms with Crippen LogP contribution in [0.2, 0.25) is 0 Å². The summed E-state index contributed by atoms with van der Waals surface area (Å²) < 4.78 is 6.53. The third kappa shape index (κ3) is 2.55. The van der Waals surface area contributed by atoms with Gasteiger partial charge in [-0.3, -0.25) is 4.79 Å². The molecule has 9 heteroatoms. The summed E-state index contributed by atoms with van der Waals surface area (Å²) in [5, 5.41) is 14.0. The monoisotopic (exact) mass is 406 g/mol. The van der Waals surface area contributed by atoms with Crippen molar-refractivity contribution in [2.24, 2.45) is 5.18 Å². The van der Waals surface area contributed by atoms with E-state index in [-0.39, 0.29) is 29.0 Å². The van der Waals surface area contributed by atoms with Crippen molar-refractivity contribution in [2.75, 3.05) is 14.1 Å². The standard InChI is InChI=1S/C21H18N4O5/c1-24(2)8-13-11-5-10-7-25-16(18(10)22-15(11)3-4-17(13)26)6-12-14(20(25)27)9-30-21(28)19(12)23-29/h3-6,19,26H,7-9H2,1-2H3. The minimum Gasteiger partial charge on any atom is -0.508 e. The number of carbonyl (C=O) groups excluding carboxylic acids is 1. The number of phenols is 1. The molecule has 5 rings (SSSR count). The van der Waals surface area contributed by atoms with Crippen molar-refractivity contribution in [2.45, 2.75) is 25.7 Å². The fourth-order valence-corrected chi connectivity index (χ4v) is 4.23. The van der Waals surface area contributed by atoms with Gasteiger partial charge >= 0.3 is 5.97 Å². The lowest BCUT2D eigenvalue weighted by molar-refractivity contribution is -0.148. The molecule has 0 radical (unpaired) electrons. The number of rotatable bonds is 3. The van der Waals surface area contributed by atoms with Gasteiger partial charge in [0.15, 0.2) is 0 Å². The van der Waals surface area contributed by atoms with E-state index in [4.69, 9.17) is 9.72 Å². The van der Waals surface area contributed by atoms with Crippen molar-refractivity contribution >= 4 is 16.9 Å². The molecule has 3 aromatic rings. The Balaban J connectivity index is 1.74. The Morgan fingerprint density at radius 3 is 2.83 bits per heavy atom. The highest BCUT2D eigenvalue weighted by Crippen LogP contribution is 2.37. The van der Waals surface area contributed by atoms with Gasteiger partial charge in [-0.1, -0.05) is 0 Å². The summed E-state index contributed by atoms with van der Waals surface area (Å²) in [5.41, 5.74) is 3.68. The number of carbonyl (C=O) groups is 1. The zero-order chi connectivity index (χ0) is 21.2. The normalized spacial score (nSPS) is 16.9. The Bertz CT molecular complexity index is 1310. The second kappa shape index (κ2) is 6.46. The molecule has 1 unspecified atom stereocenters. The average molecular weight is 406 g/mol. The smallest absolute Gasteiger partial charge is 0.339 e. The van der Waals surface area contributed by atoms with Gasteiger partial charge in [0.2, 0.25) is 6.04 Å². The van der Waals surface area contributed by atoms with Gasteiger partial charge in [-0.15, -0.1) is 4.91 Å². The summed E-state index contributed by atoms with van der Waals surface area (Å²) in [6.07, 6.45) is 0.